The van der Waals surface area contributed by atoms with Crippen LogP contribution in [0.2, 0.25) is 0 Å². The van der Waals surface area contributed by atoms with Crippen LogP contribution in [0.5, 0.6) is 0 Å². The number of ether oxygens (including phenoxy) is 1. The SMILES string of the molecule is CCC1CCCCN1C(=O)c1ccnc(N2CCOCC2)n1. The fourth-order valence-electron chi connectivity index (χ4n) is 3.22. The number of rotatable bonds is 3. The van der Waals surface area contributed by atoms with Crippen LogP contribution in [0.25, 0.3) is 0 Å². The van der Waals surface area contributed by atoms with Gasteiger partial charge in [0, 0.05) is 31.9 Å². The standard InChI is InChI=1S/C16H24N4O2/c1-2-13-5-3-4-8-20(13)15(21)14-6-7-17-16(18-14)19-9-11-22-12-10-19/h6-7,13H,2-5,8-12H2,1H3. The fraction of sp³-hybridized carbons (Fsp3) is 0.688. The molecule has 2 saturated heterocycles. The van der Waals surface area contributed by atoms with E-state index < -0.39 is 0 Å². The Balaban J connectivity index is 1.77. The fourth-order valence-corrected chi connectivity index (χ4v) is 3.22. The number of piperidine rings is 1. The summed E-state index contributed by atoms with van der Waals surface area (Å²) in [7, 11) is 0. The van der Waals surface area contributed by atoms with Crippen molar-refractivity contribution in [2.24, 2.45) is 0 Å². The summed E-state index contributed by atoms with van der Waals surface area (Å²) in [5, 5.41) is 0. The molecule has 2 fully saturated rings. The molecule has 0 aliphatic carbocycles. The Morgan fingerprint density at radius 1 is 1.32 bits per heavy atom. The molecule has 1 atom stereocenters. The first kappa shape index (κ1) is 15.2. The molecule has 6 heteroatoms. The maximum absolute atomic E-state index is 12.8. The molecule has 2 aliphatic heterocycles. The van der Waals surface area contributed by atoms with Gasteiger partial charge in [-0.1, -0.05) is 6.92 Å². The van der Waals surface area contributed by atoms with E-state index in [1.807, 2.05) is 4.90 Å². The highest BCUT2D eigenvalue weighted by molar-refractivity contribution is 5.92. The lowest BCUT2D eigenvalue weighted by atomic mass is 9.99. The van der Waals surface area contributed by atoms with Gasteiger partial charge in [0.2, 0.25) is 5.95 Å². The van der Waals surface area contributed by atoms with Crippen molar-refractivity contribution in [3.8, 4) is 0 Å². The molecule has 3 rings (SSSR count). The average Bonchev–Trinajstić information content (AvgIpc) is 2.62. The molecule has 0 bridgehead atoms. The quantitative estimate of drug-likeness (QED) is 0.851. The Bertz CT molecular complexity index is 517. The molecular weight excluding hydrogens is 280 g/mol. The van der Waals surface area contributed by atoms with Crippen LogP contribution in [-0.4, -0.2) is 59.7 Å². The van der Waals surface area contributed by atoms with Crippen LogP contribution >= 0.6 is 0 Å². The van der Waals surface area contributed by atoms with Gasteiger partial charge in [-0.05, 0) is 31.7 Å². The third-order valence-electron chi connectivity index (χ3n) is 4.52. The summed E-state index contributed by atoms with van der Waals surface area (Å²) in [6, 6.07) is 2.08. The lowest BCUT2D eigenvalue weighted by Gasteiger charge is -2.35. The maximum Gasteiger partial charge on any atom is 0.272 e. The smallest absolute Gasteiger partial charge is 0.272 e. The Morgan fingerprint density at radius 3 is 2.91 bits per heavy atom. The van der Waals surface area contributed by atoms with Gasteiger partial charge in [0.05, 0.1) is 13.2 Å². The minimum absolute atomic E-state index is 0.0449. The Kier molecular flexibility index (Phi) is 4.87. The van der Waals surface area contributed by atoms with Crippen molar-refractivity contribution < 1.29 is 9.53 Å². The molecule has 6 nitrogen and oxygen atoms in total. The molecule has 0 saturated carbocycles. The normalized spacial score (nSPS) is 22.7. The Morgan fingerprint density at radius 2 is 2.14 bits per heavy atom. The van der Waals surface area contributed by atoms with Gasteiger partial charge in [0.1, 0.15) is 5.69 Å². The van der Waals surface area contributed by atoms with Crippen LogP contribution in [-0.2, 0) is 4.74 Å². The Labute approximate surface area is 131 Å². The largest absolute Gasteiger partial charge is 0.378 e. The molecule has 0 N–H and O–H groups in total. The molecule has 2 aliphatic rings. The predicted molar refractivity (Wildman–Crippen MR) is 84.0 cm³/mol. The van der Waals surface area contributed by atoms with Crippen LogP contribution in [0.3, 0.4) is 0 Å². The number of likely N-dealkylation sites (tertiary alicyclic amines) is 1. The molecular formula is C16H24N4O2. The first-order chi connectivity index (χ1) is 10.8. The van der Waals surface area contributed by atoms with Gasteiger partial charge >= 0.3 is 0 Å². The second-order valence-corrected chi connectivity index (χ2v) is 5.90. The maximum atomic E-state index is 12.8. The van der Waals surface area contributed by atoms with Gasteiger partial charge in [0.15, 0.2) is 0 Å². The highest BCUT2D eigenvalue weighted by Crippen LogP contribution is 2.21. The molecule has 3 heterocycles. The van der Waals surface area contributed by atoms with Gasteiger partial charge in [-0.2, -0.15) is 0 Å². The van der Waals surface area contributed by atoms with Crippen LogP contribution in [0.1, 0.15) is 43.1 Å². The molecule has 1 unspecified atom stereocenters. The number of nitrogens with zero attached hydrogens (tertiary/aromatic N) is 4. The molecule has 0 radical (unpaired) electrons. The van der Waals surface area contributed by atoms with Crippen molar-refractivity contribution >= 4 is 11.9 Å². The van der Waals surface area contributed by atoms with E-state index in [1.54, 1.807) is 12.3 Å². The zero-order valence-electron chi connectivity index (χ0n) is 13.2. The van der Waals surface area contributed by atoms with Crippen LogP contribution in [0.15, 0.2) is 12.3 Å². The van der Waals surface area contributed by atoms with E-state index in [9.17, 15) is 4.79 Å². The number of morpholine rings is 1. The van der Waals surface area contributed by atoms with Crippen molar-refractivity contribution in [1.29, 1.82) is 0 Å². The molecule has 120 valence electrons. The van der Waals surface area contributed by atoms with E-state index in [1.165, 1.54) is 6.42 Å². The van der Waals surface area contributed by atoms with Crippen LogP contribution in [0.4, 0.5) is 5.95 Å². The van der Waals surface area contributed by atoms with Crippen molar-refractivity contribution in [2.75, 3.05) is 37.7 Å². The van der Waals surface area contributed by atoms with Gasteiger partial charge in [-0.3, -0.25) is 4.79 Å². The summed E-state index contributed by atoms with van der Waals surface area (Å²) in [5.41, 5.74) is 0.511. The van der Waals surface area contributed by atoms with Gasteiger partial charge in [-0.25, -0.2) is 9.97 Å². The van der Waals surface area contributed by atoms with Crippen LogP contribution < -0.4 is 4.90 Å². The van der Waals surface area contributed by atoms with Crippen molar-refractivity contribution in [1.82, 2.24) is 14.9 Å². The van der Waals surface area contributed by atoms with Gasteiger partial charge < -0.3 is 14.5 Å². The minimum atomic E-state index is 0.0449. The van der Waals surface area contributed by atoms with E-state index in [4.69, 9.17) is 4.74 Å². The van der Waals surface area contributed by atoms with Crippen molar-refractivity contribution in [2.45, 2.75) is 38.6 Å². The van der Waals surface area contributed by atoms with E-state index in [0.717, 1.165) is 38.9 Å². The van der Waals surface area contributed by atoms with E-state index in [0.29, 0.717) is 30.9 Å². The summed E-state index contributed by atoms with van der Waals surface area (Å²) >= 11 is 0. The molecule has 1 aromatic heterocycles. The summed E-state index contributed by atoms with van der Waals surface area (Å²) in [5.74, 6) is 0.683. The topological polar surface area (TPSA) is 58.6 Å². The highest BCUT2D eigenvalue weighted by atomic mass is 16.5. The molecule has 0 aromatic carbocycles. The van der Waals surface area contributed by atoms with E-state index in [-0.39, 0.29) is 5.91 Å². The van der Waals surface area contributed by atoms with E-state index in [2.05, 4.69) is 21.8 Å². The predicted octanol–water partition coefficient (Wildman–Crippen LogP) is 1.72. The van der Waals surface area contributed by atoms with Crippen LogP contribution in [0, 0.1) is 0 Å². The number of carbonyl (C=O) groups excluding carboxylic acids is 1. The average molecular weight is 304 g/mol. The first-order valence-corrected chi connectivity index (χ1v) is 8.26. The monoisotopic (exact) mass is 304 g/mol. The number of hydrogen-bond donors (Lipinski definition) is 0. The second kappa shape index (κ2) is 7.05. The zero-order chi connectivity index (χ0) is 15.4. The summed E-state index contributed by atoms with van der Waals surface area (Å²) in [6.07, 6.45) is 6.10. The Hall–Kier alpha value is -1.69. The lowest BCUT2D eigenvalue weighted by molar-refractivity contribution is 0.0601. The first-order valence-electron chi connectivity index (χ1n) is 8.26. The van der Waals surface area contributed by atoms with E-state index >= 15 is 0 Å². The number of aromatic nitrogens is 2. The number of anilines is 1. The number of hydrogen-bond acceptors (Lipinski definition) is 5. The second-order valence-electron chi connectivity index (χ2n) is 5.90. The zero-order valence-corrected chi connectivity index (χ0v) is 13.2. The van der Waals surface area contributed by atoms with Crippen molar-refractivity contribution in [3.05, 3.63) is 18.0 Å². The van der Waals surface area contributed by atoms with Gasteiger partial charge in [0.25, 0.3) is 5.91 Å². The minimum Gasteiger partial charge on any atom is -0.378 e. The summed E-state index contributed by atoms with van der Waals surface area (Å²) in [6.45, 7) is 5.92. The molecule has 1 amide bonds. The van der Waals surface area contributed by atoms with Crippen molar-refractivity contribution in [3.63, 3.8) is 0 Å². The summed E-state index contributed by atoms with van der Waals surface area (Å²) in [4.78, 5) is 25.7. The third kappa shape index (κ3) is 3.21. The molecule has 1 aromatic rings. The number of carbonyl (C=O) groups is 1. The number of amides is 1. The molecule has 22 heavy (non-hydrogen) atoms. The highest BCUT2D eigenvalue weighted by Gasteiger charge is 2.27. The third-order valence-corrected chi connectivity index (χ3v) is 4.52. The van der Waals surface area contributed by atoms with Gasteiger partial charge in [-0.15, -0.1) is 0 Å². The summed E-state index contributed by atoms with van der Waals surface area (Å²) < 4.78 is 5.35. The molecule has 0 spiro atoms. The lowest BCUT2D eigenvalue weighted by Crippen LogP contribution is -2.44.